The molecule has 0 aromatic rings. The van der Waals surface area contributed by atoms with E-state index in [2.05, 4.69) is 24.1 Å². The summed E-state index contributed by atoms with van der Waals surface area (Å²) in [5.74, 6) is -2.58. The van der Waals surface area contributed by atoms with E-state index in [1.54, 1.807) is 14.0 Å². The van der Waals surface area contributed by atoms with Gasteiger partial charge in [0.25, 0.3) is 0 Å². The van der Waals surface area contributed by atoms with E-state index in [0.29, 0.717) is 25.7 Å². The van der Waals surface area contributed by atoms with Gasteiger partial charge < -0.3 is 49.1 Å². The lowest BCUT2D eigenvalue weighted by Gasteiger charge is -2.48. The topological polar surface area (TPSA) is 148 Å². The summed E-state index contributed by atoms with van der Waals surface area (Å²) in [6.07, 6.45) is -4.62. The Bertz CT molecular complexity index is 1180. The highest BCUT2D eigenvalue weighted by molar-refractivity contribution is 5.79. The summed E-state index contributed by atoms with van der Waals surface area (Å²) in [7, 11) is 3.66. The molecule has 18 atom stereocenters. The molecule has 0 aromatic carbocycles. The first-order valence-corrected chi connectivity index (χ1v) is 19.6. The highest BCUT2D eigenvalue weighted by atomic mass is 19.1. The van der Waals surface area contributed by atoms with Crippen molar-refractivity contribution in [3.05, 3.63) is 0 Å². The van der Waals surface area contributed by atoms with Gasteiger partial charge in [0.1, 0.15) is 11.7 Å². The summed E-state index contributed by atoms with van der Waals surface area (Å²) in [4.78, 5) is 16.4. The zero-order valence-electron chi connectivity index (χ0n) is 34.0. The molecule has 4 N–H and O–H groups in total. The fraction of sp³-hybridized carbons (Fsp3) is 0.974. The third-order valence-electron chi connectivity index (χ3n) is 13.0. The van der Waals surface area contributed by atoms with Crippen molar-refractivity contribution in [1.29, 1.82) is 0 Å². The second kappa shape index (κ2) is 17.0. The maximum absolute atomic E-state index is 14.3. The lowest BCUT2D eigenvalue weighted by Crippen LogP contribution is -2.62. The molecule has 0 saturated carbocycles. The number of carbonyl (C=O) groups is 1. The monoisotopic (exact) mass is 747 g/mol. The van der Waals surface area contributed by atoms with Crippen LogP contribution in [-0.4, -0.2) is 137 Å². The largest absolute Gasteiger partial charge is 0.390 e. The number of amides is 1. The van der Waals surface area contributed by atoms with Gasteiger partial charge in [-0.2, -0.15) is 0 Å². The molecule has 1 amide bonds. The Morgan fingerprint density at radius 3 is 2.23 bits per heavy atom. The number of nitrogens with zero attached hydrogens (tertiary/aromatic N) is 1. The number of likely N-dealkylation sites (N-methyl/N-ethyl adjacent to an activating group) is 1. The number of nitrogens with one attached hydrogen (secondary N) is 1. The predicted octanol–water partition coefficient (Wildman–Crippen LogP) is 3.95. The van der Waals surface area contributed by atoms with Crippen LogP contribution in [0.3, 0.4) is 0 Å². The first kappa shape index (κ1) is 43.7. The summed E-state index contributed by atoms with van der Waals surface area (Å²) in [5, 5.41) is 38.3. The summed E-state index contributed by atoms with van der Waals surface area (Å²) < 4.78 is 53.4. The fourth-order valence-corrected chi connectivity index (χ4v) is 9.62. The van der Waals surface area contributed by atoms with Crippen LogP contribution in [0.15, 0.2) is 0 Å². The van der Waals surface area contributed by atoms with Crippen LogP contribution in [0.2, 0.25) is 0 Å². The van der Waals surface area contributed by atoms with E-state index in [4.69, 9.17) is 28.4 Å². The molecule has 0 aromatic heterocycles. The van der Waals surface area contributed by atoms with Crippen LogP contribution in [0.5, 0.6) is 0 Å². The van der Waals surface area contributed by atoms with Crippen LogP contribution in [0.1, 0.15) is 108 Å². The molecule has 52 heavy (non-hydrogen) atoms. The Labute approximate surface area is 311 Å². The van der Waals surface area contributed by atoms with Crippen molar-refractivity contribution >= 4 is 5.91 Å². The number of hydrogen-bond acceptors (Lipinski definition) is 11. The van der Waals surface area contributed by atoms with Gasteiger partial charge in [0, 0.05) is 43.9 Å². The summed E-state index contributed by atoms with van der Waals surface area (Å²) in [6, 6.07) is -1.15. The Hall–Kier alpha value is -1.00. The van der Waals surface area contributed by atoms with Crippen molar-refractivity contribution in [3.63, 3.8) is 0 Å². The van der Waals surface area contributed by atoms with Crippen LogP contribution in [0, 0.1) is 23.7 Å². The fourth-order valence-electron chi connectivity index (χ4n) is 9.62. The molecule has 4 rings (SSSR count). The molecule has 4 aliphatic rings. The lowest BCUT2D eigenvalue weighted by molar-refractivity contribution is -0.312. The van der Waals surface area contributed by atoms with E-state index >= 15 is 0 Å². The number of halogens is 1. The van der Waals surface area contributed by atoms with Crippen molar-refractivity contribution in [2.45, 2.75) is 199 Å². The number of fused-ring (bicyclic) bond motifs is 2. The molecule has 4 heterocycles. The molecule has 12 nitrogen and oxygen atoms in total. The molecule has 4 saturated heterocycles. The molecular formula is C39H71FN2O10. The van der Waals surface area contributed by atoms with E-state index < -0.39 is 96.3 Å². The number of aliphatic hydroxyl groups excluding tert-OH is 2. The van der Waals surface area contributed by atoms with Gasteiger partial charge in [-0.15, -0.1) is 0 Å². The lowest BCUT2D eigenvalue weighted by atomic mass is 9.75. The Kier molecular flexibility index (Phi) is 14.3. The van der Waals surface area contributed by atoms with E-state index in [-0.39, 0.29) is 36.6 Å². The van der Waals surface area contributed by atoms with E-state index in [1.807, 2.05) is 55.5 Å². The molecule has 0 spiro atoms. The van der Waals surface area contributed by atoms with Crippen molar-refractivity contribution in [1.82, 2.24) is 10.2 Å². The van der Waals surface area contributed by atoms with Gasteiger partial charge in [-0.1, -0.05) is 27.7 Å². The zero-order valence-corrected chi connectivity index (χ0v) is 34.0. The van der Waals surface area contributed by atoms with Gasteiger partial charge in [-0.25, -0.2) is 0 Å². The standard InChI is InChI=1S/C39H71FN2O10/c1-20(2)42(12)27-16-22(4)49-36(30(27)43)51-34-25(7)32(50-29-19-37(9,47-13)18-23(5)48-29)26(8)35(45)41-28(14-15-40)39(11,46)33(44)24(6)31-21(3)17-38(34,10)52-31/h20-34,36,43-44,46H,14-19H2,1-13H3,(H,41,45)/t21-,22-,23+,24-,25+,26-,27+,28+,29+,30-,31-,32+,33-,34-,36+,37+,38-,39-/m1/s1. The normalized spacial score (nSPS) is 49.7. The predicted molar refractivity (Wildman–Crippen MR) is 194 cm³/mol. The first-order chi connectivity index (χ1) is 24.1. The average molecular weight is 747 g/mol. The Balaban J connectivity index is 1.84. The van der Waals surface area contributed by atoms with Gasteiger partial charge in [0.2, 0.25) is 5.91 Å². The van der Waals surface area contributed by atoms with Crippen LogP contribution in [0.25, 0.3) is 0 Å². The summed E-state index contributed by atoms with van der Waals surface area (Å²) >= 11 is 0. The first-order valence-electron chi connectivity index (χ1n) is 19.6. The van der Waals surface area contributed by atoms with E-state index in [9.17, 15) is 24.5 Å². The van der Waals surface area contributed by atoms with Crippen molar-refractivity contribution < 1.29 is 52.9 Å². The van der Waals surface area contributed by atoms with Gasteiger partial charge in [-0.05, 0) is 80.7 Å². The summed E-state index contributed by atoms with van der Waals surface area (Å²) in [5.41, 5.74) is -3.41. The molecule has 0 radical (unpaired) electrons. The van der Waals surface area contributed by atoms with Crippen molar-refractivity contribution in [2.75, 3.05) is 20.8 Å². The molecule has 0 unspecified atom stereocenters. The minimum Gasteiger partial charge on any atom is -0.390 e. The maximum Gasteiger partial charge on any atom is 0.225 e. The molecule has 2 bridgehead atoms. The number of aliphatic hydroxyl groups is 3. The second-order valence-electron chi connectivity index (χ2n) is 17.8. The van der Waals surface area contributed by atoms with Gasteiger partial charge in [0.15, 0.2) is 12.6 Å². The molecule has 13 heteroatoms. The smallest absolute Gasteiger partial charge is 0.225 e. The highest BCUT2D eigenvalue weighted by Gasteiger charge is 2.57. The number of hydrogen-bond donors (Lipinski definition) is 4. The molecule has 304 valence electrons. The van der Waals surface area contributed by atoms with Gasteiger partial charge >= 0.3 is 0 Å². The number of rotatable bonds is 9. The van der Waals surface area contributed by atoms with Crippen LogP contribution in [-0.2, 0) is 33.2 Å². The zero-order chi connectivity index (χ0) is 39.1. The maximum atomic E-state index is 14.3. The second-order valence-corrected chi connectivity index (χ2v) is 17.8. The van der Waals surface area contributed by atoms with Crippen molar-refractivity contribution in [3.8, 4) is 0 Å². The minimum atomic E-state index is -1.88. The number of methoxy groups -OCH3 is 1. The average Bonchev–Trinajstić information content (AvgIpc) is 3.38. The number of ether oxygens (including phenoxy) is 6. The van der Waals surface area contributed by atoms with Crippen LogP contribution >= 0.6 is 0 Å². The van der Waals surface area contributed by atoms with Gasteiger partial charge in [0.05, 0.1) is 66.5 Å². The minimum absolute atomic E-state index is 0.0846. The molecule has 0 aliphatic carbocycles. The third kappa shape index (κ3) is 9.16. The summed E-state index contributed by atoms with van der Waals surface area (Å²) in [6.45, 7) is 20.2. The SMILES string of the molecule is CO[C@]1(C)C[C@H](O[C@H]2[C@H](C)[C@@H](O[C@@H]3O[C@H](C)C[C@H](N(C)C(C)C)[C@H]3O)[C@@]3(C)C[C@@H](C)[C@@H](O3)[C@@H](C)[C@@H](O)[C@](C)(O)[C@H](CCF)NC(=O)[C@@H]2C)O[C@@H](C)C1. The molecule has 4 aliphatic heterocycles. The molecule has 4 fully saturated rings. The number of carbonyl (C=O) groups excluding carboxylic acids is 1. The van der Waals surface area contributed by atoms with E-state index in [0.717, 1.165) is 0 Å². The Morgan fingerprint density at radius 2 is 1.63 bits per heavy atom. The number of alkyl halides is 1. The van der Waals surface area contributed by atoms with Crippen LogP contribution in [0.4, 0.5) is 4.39 Å². The van der Waals surface area contributed by atoms with Crippen LogP contribution < -0.4 is 5.32 Å². The van der Waals surface area contributed by atoms with Gasteiger partial charge in [-0.3, -0.25) is 14.1 Å². The van der Waals surface area contributed by atoms with Crippen molar-refractivity contribution in [2.24, 2.45) is 23.7 Å². The highest BCUT2D eigenvalue weighted by Crippen LogP contribution is 2.47. The van der Waals surface area contributed by atoms with E-state index in [1.165, 1.54) is 6.92 Å². The molecular weight excluding hydrogens is 675 g/mol. The third-order valence-corrected chi connectivity index (χ3v) is 13.0. The Morgan fingerprint density at radius 1 is 0.981 bits per heavy atom. The quantitative estimate of drug-likeness (QED) is 0.272.